The van der Waals surface area contributed by atoms with E-state index in [-0.39, 0.29) is 5.41 Å². The largest absolute Gasteiger partial charge is 0.330 e. The molecule has 20 heavy (non-hydrogen) atoms. The van der Waals surface area contributed by atoms with Crippen molar-refractivity contribution in [1.29, 1.82) is 0 Å². The second-order valence-corrected chi connectivity index (χ2v) is 6.32. The van der Waals surface area contributed by atoms with Crippen LogP contribution in [0, 0.1) is 5.41 Å². The third kappa shape index (κ3) is 2.61. The quantitative estimate of drug-likeness (QED) is 0.906. The number of halogens is 1. The summed E-state index contributed by atoms with van der Waals surface area (Å²) in [6.07, 6.45) is 4.30. The summed E-state index contributed by atoms with van der Waals surface area (Å²) in [6, 6.07) is 16.9. The second-order valence-electron chi connectivity index (χ2n) is 5.92. The van der Waals surface area contributed by atoms with Crippen molar-refractivity contribution in [3.8, 4) is 0 Å². The van der Waals surface area contributed by atoms with Crippen LogP contribution in [0.2, 0.25) is 5.02 Å². The Labute approximate surface area is 125 Å². The van der Waals surface area contributed by atoms with Gasteiger partial charge >= 0.3 is 0 Å². The first-order chi connectivity index (χ1) is 9.72. The van der Waals surface area contributed by atoms with Crippen molar-refractivity contribution in [2.45, 2.75) is 25.7 Å². The van der Waals surface area contributed by atoms with E-state index >= 15 is 0 Å². The molecule has 2 aromatic rings. The maximum atomic E-state index is 6.32. The van der Waals surface area contributed by atoms with Gasteiger partial charge in [0.25, 0.3) is 0 Å². The van der Waals surface area contributed by atoms with Crippen LogP contribution in [0.4, 0.5) is 0 Å². The monoisotopic (exact) mass is 285 g/mol. The third-order valence-electron chi connectivity index (χ3n) is 4.56. The molecule has 1 aliphatic carbocycles. The fourth-order valence-corrected chi connectivity index (χ4v) is 3.51. The standard InChI is InChI=1S/C18H20ClN/c19-17-8-4-3-7-16(17)12-18(13-20)10-9-14-5-1-2-6-15(14)11-18/h1-8H,9-13,20H2. The maximum absolute atomic E-state index is 6.32. The van der Waals surface area contributed by atoms with Crippen LogP contribution in [0.1, 0.15) is 23.1 Å². The highest BCUT2D eigenvalue weighted by Gasteiger charge is 2.33. The number of hydrogen-bond acceptors (Lipinski definition) is 1. The van der Waals surface area contributed by atoms with E-state index in [2.05, 4.69) is 36.4 Å². The zero-order valence-corrected chi connectivity index (χ0v) is 12.4. The van der Waals surface area contributed by atoms with Crippen molar-refractivity contribution in [1.82, 2.24) is 0 Å². The van der Waals surface area contributed by atoms with Gasteiger partial charge in [-0.3, -0.25) is 0 Å². The van der Waals surface area contributed by atoms with E-state index in [9.17, 15) is 0 Å². The number of fused-ring (bicyclic) bond motifs is 1. The zero-order valence-electron chi connectivity index (χ0n) is 11.6. The molecular weight excluding hydrogens is 266 g/mol. The Morgan fingerprint density at radius 3 is 2.45 bits per heavy atom. The first-order valence-corrected chi connectivity index (χ1v) is 7.60. The van der Waals surface area contributed by atoms with Crippen LogP contribution in [-0.4, -0.2) is 6.54 Å². The van der Waals surface area contributed by atoms with Crippen molar-refractivity contribution in [2.24, 2.45) is 11.1 Å². The molecule has 1 aliphatic rings. The summed E-state index contributed by atoms with van der Waals surface area (Å²) in [5.74, 6) is 0. The lowest BCUT2D eigenvalue weighted by atomic mass is 9.68. The molecule has 0 saturated heterocycles. The first kappa shape index (κ1) is 13.7. The third-order valence-corrected chi connectivity index (χ3v) is 4.93. The van der Waals surface area contributed by atoms with Crippen LogP contribution in [0.3, 0.4) is 0 Å². The molecule has 0 amide bonds. The van der Waals surface area contributed by atoms with Crippen LogP contribution in [0.25, 0.3) is 0 Å². The van der Waals surface area contributed by atoms with Gasteiger partial charge in [-0.2, -0.15) is 0 Å². The Morgan fingerprint density at radius 2 is 1.70 bits per heavy atom. The number of rotatable bonds is 3. The van der Waals surface area contributed by atoms with E-state index in [0.717, 1.165) is 30.7 Å². The molecule has 1 atom stereocenters. The lowest BCUT2D eigenvalue weighted by molar-refractivity contribution is 0.254. The number of hydrogen-bond donors (Lipinski definition) is 1. The van der Waals surface area contributed by atoms with Gasteiger partial charge in [-0.05, 0) is 60.4 Å². The fraction of sp³-hybridized carbons (Fsp3) is 0.333. The zero-order chi connectivity index (χ0) is 14.0. The predicted octanol–water partition coefficient (Wildman–Crippen LogP) is 4.02. The first-order valence-electron chi connectivity index (χ1n) is 7.23. The number of benzene rings is 2. The number of aryl methyl sites for hydroxylation is 1. The molecule has 0 bridgehead atoms. The van der Waals surface area contributed by atoms with Crippen LogP contribution in [0.5, 0.6) is 0 Å². The molecule has 0 saturated carbocycles. The molecule has 0 radical (unpaired) electrons. The summed E-state index contributed by atoms with van der Waals surface area (Å²) in [4.78, 5) is 0. The average Bonchev–Trinajstić information content (AvgIpc) is 2.49. The highest BCUT2D eigenvalue weighted by molar-refractivity contribution is 6.31. The minimum atomic E-state index is 0.152. The molecule has 1 unspecified atom stereocenters. The molecule has 3 rings (SSSR count). The predicted molar refractivity (Wildman–Crippen MR) is 85.1 cm³/mol. The van der Waals surface area contributed by atoms with Crippen LogP contribution >= 0.6 is 11.6 Å². The SMILES string of the molecule is NCC1(Cc2ccccc2Cl)CCc2ccccc2C1. The summed E-state index contributed by atoms with van der Waals surface area (Å²) < 4.78 is 0. The van der Waals surface area contributed by atoms with Gasteiger partial charge < -0.3 is 5.73 Å². The molecule has 2 N–H and O–H groups in total. The van der Waals surface area contributed by atoms with Crippen molar-refractivity contribution in [3.63, 3.8) is 0 Å². The molecule has 0 aliphatic heterocycles. The topological polar surface area (TPSA) is 26.0 Å². The van der Waals surface area contributed by atoms with Gasteiger partial charge in [-0.25, -0.2) is 0 Å². The lowest BCUT2D eigenvalue weighted by Gasteiger charge is -2.37. The fourth-order valence-electron chi connectivity index (χ4n) is 3.31. The van der Waals surface area contributed by atoms with Crippen LogP contribution in [-0.2, 0) is 19.3 Å². The van der Waals surface area contributed by atoms with Gasteiger partial charge in [0, 0.05) is 5.02 Å². The van der Waals surface area contributed by atoms with Crippen molar-refractivity contribution in [2.75, 3.05) is 6.54 Å². The summed E-state index contributed by atoms with van der Waals surface area (Å²) in [7, 11) is 0. The molecule has 1 nitrogen and oxygen atoms in total. The molecular formula is C18H20ClN. The summed E-state index contributed by atoms with van der Waals surface area (Å²) in [5, 5.41) is 0.860. The van der Waals surface area contributed by atoms with E-state index in [1.54, 1.807) is 0 Å². The molecule has 0 spiro atoms. The van der Waals surface area contributed by atoms with Crippen molar-refractivity contribution >= 4 is 11.6 Å². The van der Waals surface area contributed by atoms with E-state index in [1.807, 2.05) is 12.1 Å². The van der Waals surface area contributed by atoms with Gasteiger partial charge in [0.15, 0.2) is 0 Å². The highest BCUT2D eigenvalue weighted by atomic mass is 35.5. The Balaban J connectivity index is 1.89. The Kier molecular flexibility index (Phi) is 3.82. The van der Waals surface area contributed by atoms with Gasteiger partial charge in [0.05, 0.1) is 0 Å². The lowest BCUT2D eigenvalue weighted by Crippen LogP contribution is -2.38. The molecule has 2 heteroatoms. The highest BCUT2D eigenvalue weighted by Crippen LogP contribution is 2.38. The van der Waals surface area contributed by atoms with Crippen LogP contribution < -0.4 is 5.73 Å². The Bertz CT molecular complexity index is 608. The van der Waals surface area contributed by atoms with E-state index < -0.39 is 0 Å². The van der Waals surface area contributed by atoms with E-state index in [1.165, 1.54) is 16.7 Å². The summed E-state index contributed by atoms with van der Waals surface area (Å²) in [6.45, 7) is 0.715. The van der Waals surface area contributed by atoms with Gasteiger partial charge in [0.2, 0.25) is 0 Å². The van der Waals surface area contributed by atoms with E-state index in [4.69, 9.17) is 17.3 Å². The van der Waals surface area contributed by atoms with E-state index in [0.29, 0.717) is 6.54 Å². The van der Waals surface area contributed by atoms with Crippen molar-refractivity contribution < 1.29 is 0 Å². The van der Waals surface area contributed by atoms with Crippen molar-refractivity contribution in [3.05, 3.63) is 70.2 Å². The summed E-state index contributed by atoms with van der Waals surface area (Å²) in [5.41, 5.74) is 10.5. The minimum absolute atomic E-state index is 0.152. The van der Waals surface area contributed by atoms with Gasteiger partial charge in [-0.15, -0.1) is 0 Å². The minimum Gasteiger partial charge on any atom is -0.330 e. The molecule has 0 heterocycles. The van der Waals surface area contributed by atoms with Crippen LogP contribution in [0.15, 0.2) is 48.5 Å². The van der Waals surface area contributed by atoms with Gasteiger partial charge in [0.1, 0.15) is 0 Å². The smallest absolute Gasteiger partial charge is 0.0438 e. The normalized spacial score (nSPS) is 21.5. The Morgan fingerprint density at radius 1 is 1.00 bits per heavy atom. The average molecular weight is 286 g/mol. The Hall–Kier alpha value is -1.31. The second kappa shape index (κ2) is 5.59. The van der Waals surface area contributed by atoms with Gasteiger partial charge in [-0.1, -0.05) is 54.1 Å². The number of nitrogens with two attached hydrogens (primary N) is 1. The molecule has 104 valence electrons. The summed E-state index contributed by atoms with van der Waals surface area (Å²) >= 11 is 6.32. The molecule has 0 fully saturated rings. The maximum Gasteiger partial charge on any atom is 0.0438 e. The molecule has 0 aromatic heterocycles. The molecule has 2 aromatic carbocycles.